The summed E-state index contributed by atoms with van der Waals surface area (Å²) in [5.74, 6) is -1.11. The molecule has 0 bridgehead atoms. The number of rotatable bonds is 19. The monoisotopic (exact) mass is 719 g/mol. The Balaban J connectivity index is 1.62. The molecule has 0 radical (unpaired) electrons. The lowest BCUT2D eigenvalue weighted by molar-refractivity contribution is -0.148. The van der Waals surface area contributed by atoms with E-state index in [-0.39, 0.29) is 43.2 Å². The van der Waals surface area contributed by atoms with E-state index in [1.807, 2.05) is 14.0 Å². The Labute approximate surface area is 296 Å². The summed E-state index contributed by atoms with van der Waals surface area (Å²) in [6.07, 6.45) is 7.15. The van der Waals surface area contributed by atoms with Gasteiger partial charge in [-0.2, -0.15) is 4.31 Å². The van der Waals surface area contributed by atoms with Crippen molar-refractivity contribution in [1.82, 2.24) is 24.1 Å². The minimum absolute atomic E-state index is 0.0148. The predicted octanol–water partition coefficient (Wildman–Crippen LogP) is 1.02. The van der Waals surface area contributed by atoms with Gasteiger partial charge < -0.3 is 41.2 Å². The number of sulfonamides is 1. The third-order valence-electron chi connectivity index (χ3n) is 10.2. The van der Waals surface area contributed by atoms with Gasteiger partial charge in [-0.15, -0.1) is 0 Å². The summed E-state index contributed by atoms with van der Waals surface area (Å²) in [6, 6.07) is 3.15. The normalized spacial score (nSPS) is 19.5. The Hall–Kier alpha value is -2.92. The summed E-state index contributed by atoms with van der Waals surface area (Å²) in [7, 11) is -1.74. The third kappa shape index (κ3) is 11.0. The van der Waals surface area contributed by atoms with Crippen LogP contribution >= 0.6 is 0 Å². The van der Waals surface area contributed by atoms with E-state index in [1.54, 1.807) is 18.3 Å². The number of morpholine rings is 1. The van der Waals surface area contributed by atoms with Crippen molar-refractivity contribution in [3.05, 3.63) is 48.0 Å². The number of H-pyrrole nitrogens is 1. The number of primary amides is 1. The first-order chi connectivity index (χ1) is 23.9. The Kier molecular flexibility index (Phi) is 15.2. The minimum Gasteiger partial charge on any atom is -0.393 e. The summed E-state index contributed by atoms with van der Waals surface area (Å²) in [6.45, 7) is 4.71. The van der Waals surface area contributed by atoms with Gasteiger partial charge in [0.05, 0.1) is 54.4 Å². The lowest BCUT2D eigenvalue weighted by Gasteiger charge is -2.42. The van der Waals surface area contributed by atoms with Crippen LogP contribution in [-0.2, 0) is 37.2 Å². The zero-order chi connectivity index (χ0) is 36.3. The highest BCUT2D eigenvalue weighted by Crippen LogP contribution is 2.32. The fourth-order valence-electron chi connectivity index (χ4n) is 7.05. The Bertz CT molecular complexity index is 1430. The van der Waals surface area contributed by atoms with Gasteiger partial charge in [-0.1, -0.05) is 51.2 Å². The molecule has 2 fully saturated rings. The molecule has 50 heavy (non-hydrogen) atoms. The number of nitrogens with zero attached hydrogens (tertiary/aromatic N) is 4. The number of ether oxygens (including phenoxy) is 1. The van der Waals surface area contributed by atoms with E-state index in [1.165, 1.54) is 27.7 Å². The predicted molar refractivity (Wildman–Crippen MR) is 189 cm³/mol. The zero-order valence-electron chi connectivity index (χ0n) is 29.5. The molecule has 14 nitrogen and oxygen atoms in total. The molecule has 1 aliphatic heterocycles. The number of imidazole rings is 1. The van der Waals surface area contributed by atoms with Crippen LogP contribution in [-0.4, -0.2) is 131 Å². The van der Waals surface area contributed by atoms with E-state index in [2.05, 4.69) is 14.9 Å². The number of aliphatic hydroxyl groups is 2. The number of benzene rings is 1. The lowest BCUT2D eigenvalue weighted by Crippen LogP contribution is -2.61. The number of hydrogen-bond acceptors (Lipinski definition) is 10. The Morgan fingerprint density at radius 1 is 1.10 bits per heavy atom. The van der Waals surface area contributed by atoms with Gasteiger partial charge in [0.15, 0.2) is 0 Å². The quantitative estimate of drug-likeness (QED) is 0.139. The van der Waals surface area contributed by atoms with Crippen molar-refractivity contribution < 1.29 is 33.0 Å². The maximum Gasteiger partial charge on any atom is 0.243 e. The molecular formula is C35H57N7O7S. The SMILES string of the molecule is CCN(C)CCC(O)CC(O)C(CC1CCCCC1)N(C(=O)[C@@H](N)Cc1ccc(S(=O)(=O)N2CCOCC2)cc1)[C@@H](Cc1c[nH]cn1)C(N)=O. The van der Waals surface area contributed by atoms with Crippen LogP contribution in [0.15, 0.2) is 41.7 Å². The zero-order valence-corrected chi connectivity index (χ0v) is 30.3. The smallest absolute Gasteiger partial charge is 0.243 e. The Morgan fingerprint density at radius 2 is 1.78 bits per heavy atom. The fraction of sp³-hybridized carbons (Fsp3) is 0.686. The highest BCUT2D eigenvalue weighted by molar-refractivity contribution is 7.89. The molecule has 4 rings (SSSR count). The van der Waals surface area contributed by atoms with Crippen LogP contribution in [0.1, 0.15) is 69.5 Å². The molecule has 2 aromatic rings. The number of nitrogens with one attached hydrogen (secondary N) is 1. The molecule has 0 spiro atoms. The molecule has 1 aliphatic carbocycles. The van der Waals surface area contributed by atoms with Crippen LogP contribution in [0.3, 0.4) is 0 Å². The summed E-state index contributed by atoms with van der Waals surface area (Å²) >= 11 is 0. The summed E-state index contributed by atoms with van der Waals surface area (Å²) in [4.78, 5) is 38.5. The molecule has 2 amide bonds. The average Bonchev–Trinajstić information content (AvgIpc) is 3.64. The molecule has 1 saturated heterocycles. The van der Waals surface area contributed by atoms with Crippen LogP contribution < -0.4 is 11.5 Å². The van der Waals surface area contributed by atoms with Crippen LogP contribution in [0.2, 0.25) is 0 Å². The van der Waals surface area contributed by atoms with Crippen molar-refractivity contribution in [2.45, 2.75) is 106 Å². The number of carbonyl (C=O) groups is 2. The topological polar surface area (TPSA) is 208 Å². The molecule has 1 aromatic heterocycles. The van der Waals surface area contributed by atoms with Gasteiger partial charge in [0.2, 0.25) is 21.8 Å². The first-order valence-corrected chi connectivity index (χ1v) is 19.4. The minimum atomic E-state index is -3.70. The van der Waals surface area contributed by atoms with Gasteiger partial charge in [0.25, 0.3) is 0 Å². The van der Waals surface area contributed by atoms with Crippen molar-refractivity contribution >= 4 is 21.8 Å². The van der Waals surface area contributed by atoms with E-state index < -0.39 is 52.2 Å². The molecule has 15 heteroatoms. The number of carbonyl (C=O) groups excluding carboxylic acids is 2. The maximum absolute atomic E-state index is 14.6. The van der Waals surface area contributed by atoms with Crippen LogP contribution in [0.5, 0.6) is 0 Å². The van der Waals surface area contributed by atoms with Crippen LogP contribution in [0.25, 0.3) is 0 Å². The van der Waals surface area contributed by atoms with Crippen molar-refractivity contribution in [2.24, 2.45) is 17.4 Å². The van der Waals surface area contributed by atoms with E-state index in [0.29, 0.717) is 43.9 Å². The van der Waals surface area contributed by atoms with Gasteiger partial charge >= 0.3 is 0 Å². The highest BCUT2D eigenvalue weighted by Gasteiger charge is 2.41. The van der Waals surface area contributed by atoms with Crippen molar-refractivity contribution in [2.75, 3.05) is 46.4 Å². The molecule has 5 atom stereocenters. The number of amides is 2. The second-order valence-corrected chi connectivity index (χ2v) is 15.8. The van der Waals surface area contributed by atoms with E-state index >= 15 is 0 Å². The van der Waals surface area contributed by atoms with Gasteiger partial charge in [-0.05, 0) is 56.5 Å². The van der Waals surface area contributed by atoms with Gasteiger partial charge in [-0.3, -0.25) is 9.59 Å². The molecule has 1 aromatic carbocycles. The average molecular weight is 720 g/mol. The molecule has 280 valence electrons. The number of aliphatic hydroxyl groups excluding tert-OH is 2. The summed E-state index contributed by atoms with van der Waals surface area (Å²) < 4.78 is 33.0. The van der Waals surface area contributed by atoms with E-state index in [0.717, 1.165) is 38.6 Å². The fourth-order valence-corrected chi connectivity index (χ4v) is 8.46. The number of aromatic nitrogens is 2. The molecular weight excluding hydrogens is 662 g/mol. The molecule has 2 heterocycles. The van der Waals surface area contributed by atoms with Crippen LogP contribution in [0, 0.1) is 5.92 Å². The second kappa shape index (κ2) is 19.1. The van der Waals surface area contributed by atoms with E-state index in [4.69, 9.17) is 16.2 Å². The Morgan fingerprint density at radius 3 is 2.38 bits per heavy atom. The first-order valence-electron chi connectivity index (χ1n) is 18.0. The van der Waals surface area contributed by atoms with Crippen molar-refractivity contribution in [3.63, 3.8) is 0 Å². The second-order valence-electron chi connectivity index (χ2n) is 13.8. The lowest BCUT2D eigenvalue weighted by atomic mass is 9.81. The molecule has 3 unspecified atom stereocenters. The standard InChI is InChI=1S/C35H57N7O7S/c1-3-40(2)14-13-28(43)22-33(44)31(20-25-7-5-4-6-8-25)42(32(34(37)45)21-27-23-38-24-39-27)35(46)30(36)19-26-9-11-29(12-10-26)50(47,48)41-15-17-49-18-16-41/h9-12,23-25,28,30-33,43-44H,3-8,13-22,36H2,1-2H3,(H2,37,45)(H,38,39)/t28?,30-,31?,32-,33?/m0/s1. The molecule has 1 saturated carbocycles. The largest absolute Gasteiger partial charge is 0.393 e. The third-order valence-corrected chi connectivity index (χ3v) is 12.1. The van der Waals surface area contributed by atoms with Gasteiger partial charge in [0, 0.05) is 38.7 Å². The number of hydrogen-bond donors (Lipinski definition) is 5. The van der Waals surface area contributed by atoms with Gasteiger partial charge in [0.1, 0.15) is 6.04 Å². The van der Waals surface area contributed by atoms with Crippen LogP contribution in [0.4, 0.5) is 0 Å². The van der Waals surface area contributed by atoms with E-state index in [9.17, 15) is 28.2 Å². The first kappa shape index (κ1) is 39.9. The van der Waals surface area contributed by atoms with Crippen molar-refractivity contribution in [3.8, 4) is 0 Å². The van der Waals surface area contributed by atoms with Gasteiger partial charge in [-0.25, -0.2) is 13.4 Å². The summed E-state index contributed by atoms with van der Waals surface area (Å²) in [5, 5.41) is 22.8. The highest BCUT2D eigenvalue weighted by atomic mass is 32.2. The van der Waals surface area contributed by atoms with Crippen molar-refractivity contribution in [1.29, 1.82) is 0 Å². The maximum atomic E-state index is 14.6. The molecule has 2 aliphatic rings. The number of nitrogens with two attached hydrogens (primary N) is 2. The summed E-state index contributed by atoms with van der Waals surface area (Å²) in [5.41, 5.74) is 13.8. The molecule has 7 N–H and O–H groups in total. The number of aromatic amines is 1.